The van der Waals surface area contributed by atoms with Gasteiger partial charge in [0.25, 0.3) is 0 Å². The van der Waals surface area contributed by atoms with Crippen molar-refractivity contribution in [2.45, 2.75) is 37.5 Å². The van der Waals surface area contributed by atoms with Gasteiger partial charge in [0, 0.05) is 16.3 Å². The van der Waals surface area contributed by atoms with Crippen LogP contribution in [0.15, 0.2) is 16.6 Å². The highest BCUT2D eigenvalue weighted by Gasteiger charge is 2.25. The highest BCUT2D eigenvalue weighted by Crippen LogP contribution is 2.38. The Balaban J connectivity index is 1.83. The lowest BCUT2D eigenvalue weighted by atomic mass is 9.96. The zero-order valence-corrected chi connectivity index (χ0v) is 12.1. The fourth-order valence-corrected chi connectivity index (χ4v) is 3.94. The van der Waals surface area contributed by atoms with Crippen LogP contribution in [0.25, 0.3) is 0 Å². The highest BCUT2D eigenvalue weighted by atomic mass is 79.9. The van der Waals surface area contributed by atoms with Gasteiger partial charge >= 0.3 is 0 Å². The van der Waals surface area contributed by atoms with E-state index in [-0.39, 0.29) is 0 Å². The van der Waals surface area contributed by atoms with E-state index in [1.54, 1.807) is 0 Å². The molecule has 3 heteroatoms. The van der Waals surface area contributed by atoms with Gasteiger partial charge in [-0.2, -0.15) is 0 Å². The molecule has 1 aliphatic carbocycles. The molecule has 0 amide bonds. The number of hydrogen-bond acceptors (Lipinski definition) is 1. The van der Waals surface area contributed by atoms with Crippen molar-refractivity contribution in [2.75, 3.05) is 6.61 Å². The molecule has 2 aliphatic rings. The summed E-state index contributed by atoms with van der Waals surface area (Å²) < 4.78 is 6.95. The first-order valence-corrected chi connectivity index (χ1v) is 7.53. The zero-order chi connectivity index (χ0) is 11.8. The second-order valence-electron chi connectivity index (χ2n) is 5.13. The van der Waals surface area contributed by atoms with Crippen molar-refractivity contribution in [3.8, 4) is 5.75 Å². The van der Waals surface area contributed by atoms with E-state index in [0.29, 0.717) is 5.38 Å². The Labute approximate surface area is 116 Å². The molecule has 17 heavy (non-hydrogen) atoms. The normalized spacial score (nSPS) is 26.9. The first kappa shape index (κ1) is 11.9. The molecule has 1 saturated carbocycles. The van der Waals surface area contributed by atoms with E-state index in [1.165, 1.54) is 28.4 Å². The van der Waals surface area contributed by atoms with Crippen molar-refractivity contribution in [3.63, 3.8) is 0 Å². The minimum absolute atomic E-state index is 0.390. The van der Waals surface area contributed by atoms with Gasteiger partial charge < -0.3 is 4.74 Å². The topological polar surface area (TPSA) is 9.23 Å². The van der Waals surface area contributed by atoms with E-state index in [0.717, 1.165) is 37.5 Å². The summed E-state index contributed by atoms with van der Waals surface area (Å²) in [5.74, 6) is 1.88. The molecule has 0 N–H and O–H groups in total. The number of rotatable bonds is 2. The summed E-state index contributed by atoms with van der Waals surface area (Å²) in [6.45, 7) is 0.835. The van der Waals surface area contributed by atoms with Crippen molar-refractivity contribution in [2.24, 2.45) is 5.92 Å². The van der Waals surface area contributed by atoms with Crippen molar-refractivity contribution in [3.05, 3.63) is 27.7 Å². The van der Waals surface area contributed by atoms with Gasteiger partial charge in [0.1, 0.15) is 5.75 Å². The molecule has 1 aromatic carbocycles. The molecule has 92 valence electrons. The molecule has 3 rings (SSSR count). The van der Waals surface area contributed by atoms with E-state index in [2.05, 4.69) is 28.1 Å². The van der Waals surface area contributed by atoms with E-state index in [4.69, 9.17) is 16.3 Å². The van der Waals surface area contributed by atoms with Crippen molar-refractivity contribution >= 4 is 27.5 Å². The van der Waals surface area contributed by atoms with Crippen LogP contribution < -0.4 is 4.74 Å². The maximum absolute atomic E-state index is 6.18. The van der Waals surface area contributed by atoms with Gasteiger partial charge in [-0.25, -0.2) is 0 Å². The van der Waals surface area contributed by atoms with Crippen LogP contribution in [-0.2, 0) is 12.8 Å². The summed E-state index contributed by atoms with van der Waals surface area (Å²) in [5.41, 5.74) is 2.72. The van der Waals surface area contributed by atoms with Crippen LogP contribution >= 0.6 is 27.5 Å². The Hall–Kier alpha value is -0.210. The second kappa shape index (κ2) is 4.81. The van der Waals surface area contributed by atoms with Crippen molar-refractivity contribution in [1.29, 1.82) is 0 Å². The monoisotopic (exact) mass is 314 g/mol. The number of ether oxygens (including phenoxy) is 1. The van der Waals surface area contributed by atoms with Gasteiger partial charge in [-0.1, -0.05) is 15.9 Å². The summed E-state index contributed by atoms with van der Waals surface area (Å²) in [7, 11) is 0. The Morgan fingerprint density at radius 2 is 2.24 bits per heavy atom. The fraction of sp³-hybridized carbons (Fsp3) is 0.571. The zero-order valence-electron chi connectivity index (χ0n) is 9.72. The number of hydrogen-bond donors (Lipinski definition) is 0. The number of fused-ring (bicyclic) bond motifs is 1. The third-order valence-corrected chi connectivity index (χ3v) is 4.67. The summed E-state index contributed by atoms with van der Waals surface area (Å²) in [4.78, 5) is 0. The third-order valence-electron chi connectivity index (χ3n) is 3.81. The molecular weight excluding hydrogens is 300 g/mol. The minimum Gasteiger partial charge on any atom is -0.493 e. The van der Waals surface area contributed by atoms with Gasteiger partial charge in [-0.15, -0.1) is 11.6 Å². The van der Waals surface area contributed by atoms with Gasteiger partial charge in [0.15, 0.2) is 0 Å². The first-order chi connectivity index (χ1) is 8.22. The molecule has 0 spiro atoms. The number of halogens is 2. The molecule has 1 nitrogen and oxygen atoms in total. The maximum Gasteiger partial charge on any atom is 0.125 e. The molecule has 2 atom stereocenters. The Bertz CT molecular complexity index is 432. The summed E-state index contributed by atoms with van der Waals surface area (Å²) in [5, 5.41) is 0.390. The van der Waals surface area contributed by atoms with Crippen LogP contribution in [0.3, 0.4) is 0 Å². The fourth-order valence-electron chi connectivity index (χ4n) is 3.01. The van der Waals surface area contributed by atoms with Crippen LogP contribution in [0.1, 0.15) is 30.4 Å². The largest absolute Gasteiger partial charge is 0.493 e. The lowest BCUT2D eigenvalue weighted by molar-refractivity contribution is 0.351. The summed E-state index contributed by atoms with van der Waals surface area (Å²) >= 11 is 9.78. The molecule has 0 bridgehead atoms. The van der Waals surface area contributed by atoms with Crippen LogP contribution in [-0.4, -0.2) is 12.0 Å². The molecule has 1 heterocycles. The summed E-state index contributed by atoms with van der Waals surface area (Å²) in [6.07, 6.45) is 5.75. The van der Waals surface area contributed by atoms with E-state index >= 15 is 0 Å². The number of alkyl halides is 1. The predicted octanol–water partition coefficient (Wildman–Crippen LogP) is 4.33. The minimum atomic E-state index is 0.390. The van der Waals surface area contributed by atoms with Crippen molar-refractivity contribution in [1.82, 2.24) is 0 Å². The molecule has 0 radical (unpaired) electrons. The molecular formula is C14H16BrClO. The van der Waals surface area contributed by atoms with Gasteiger partial charge in [0.05, 0.1) is 6.61 Å². The third kappa shape index (κ3) is 2.48. The highest BCUT2D eigenvalue weighted by molar-refractivity contribution is 9.10. The maximum atomic E-state index is 6.18. The lowest BCUT2D eigenvalue weighted by Gasteiger charge is -2.13. The van der Waals surface area contributed by atoms with E-state index < -0.39 is 0 Å². The molecule has 0 aromatic heterocycles. The average Bonchev–Trinajstić information content (AvgIpc) is 2.87. The quantitative estimate of drug-likeness (QED) is 0.738. The van der Waals surface area contributed by atoms with Crippen LogP contribution in [0.5, 0.6) is 5.75 Å². The predicted molar refractivity (Wildman–Crippen MR) is 74.0 cm³/mol. The molecule has 1 aliphatic heterocycles. The molecule has 1 fully saturated rings. The Morgan fingerprint density at radius 1 is 1.35 bits per heavy atom. The van der Waals surface area contributed by atoms with Crippen LogP contribution in [0, 0.1) is 5.92 Å². The molecule has 1 aromatic rings. The average molecular weight is 316 g/mol. The summed E-state index contributed by atoms with van der Waals surface area (Å²) in [6, 6.07) is 4.40. The van der Waals surface area contributed by atoms with Crippen molar-refractivity contribution < 1.29 is 4.74 Å². The van der Waals surface area contributed by atoms with E-state index in [9.17, 15) is 0 Å². The Morgan fingerprint density at radius 3 is 3.00 bits per heavy atom. The molecule has 0 saturated heterocycles. The first-order valence-electron chi connectivity index (χ1n) is 6.30. The lowest BCUT2D eigenvalue weighted by Crippen LogP contribution is -2.02. The van der Waals surface area contributed by atoms with Gasteiger partial charge in [0.2, 0.25) is 0 Å². The Kier molecular flexibility index (Phi) is 3.36. The molecule has 2 unspecified atom stereocenters. The van der Waals surface area contributed by atoms with Gasteiger partial charge in [-0.05, 0) is 54.9 Å². The van der Waals surface area contributed by atoms with E-state index in [1.807, 2.05) is 0 Å². The van der Waals surface area contributed by atoms with Gasteiger partial charge in [-0.3, -0.25) is 0 Å². The second-order valence-corrected chi connectivity index (χ2v) is 6.66. The standard InChI is InChI=1S/C14H16BrClO/c15-12-7-10-3-4-17-14(10)11(8-12)5-9-1-2-13(16)6-9/h7-9,13H,1-6H2. The smallest absolute Gasteiger partial charge is 0.125 e. The number of benzene rings is 1. The van der Waals surface area contributed by atoms with Crippen LogP contribution in [0.4, 0.5) is 0 Å². The van der Waals surface area contributed by atoms with Crippen LogP contribution in [0.2, 0.25) is 0 Å². The SMILES string of the molecule is ClC1CCC(Cc2cc(Br)cc3c2OCC3)C1.